The fourth-order valence-corrected chi connectivity index (χ4v) is 3.49. The van der Waals surface area contributed by atoms with Crippen molar-refractivity contribution >= 4 is 29.9 Å². The lowest BCUT2D eigenvalue weighted by Gasteiger charge is -2.22. The first kappa shape index (κ1) is 22.3. The normalized spacial score (nSPS) is 16.5. The van der Waals surface area contributed by atoms with Crippen LogP contribution >= 0.6 is 24.0 Å². The molecule has 2 heterocycles. The zero-order chi connectivity index (χ0) is 19.2. The predicted octanol–water partition coefficient (Wildman–Crippen LogP) is 3.59. The van der Waals surface area contributed by atoms with E-state index in [0.29, 0.717) is 12.5 Å². The number of guanidine groups is 1. The van der Waals surface area contributed by atoms with Gasteiger partial charge in [0.05, 0.1) is 26.5 Å². The van der Waals surface area contributed by atoms with Crippen molar-refractivity contribution in [2.75, 3.05) is 34.4 Å². The summed E-state index contributed by atoms with van der Waals surface area (Å²) in [5.74, 6) is 2.99. The molecule has 1 saturated heterocycles. The molecule has 7 heteroatoms. The van der Waals surface area contributed by atoms with Crippen molar-refractivity contribution in [1.82, 2.24) is 15.2 Å². The molecule has 1 N–H and O–H groups in total. The highest BCUT2D eigenvalue weighted by atomic mass is 127. The first-order chi connectivity index (χ1) is 13.1. The number of halogens is 1. The summed E-state index contributed by atoms with van der Waals surface area (Å²) in [6.45, 7) is 4.63. The summed E-state index contributed by atoms with van der Waals surface area (Å²) < 4.78 is 10.8. The van der Waals surface area contributed by atoms with Gasteiger partial charge in [-0.1, -0.05) is 6.07 Å². The summed E-state index contributed by atoms with van der Waals surface area (Å²) >= 11 is 0. The molecule has 0 amide bonds. The van der Waals surface area contributed by atoms with Gasteiger partial charge >= 0.3 is 0 Å². The van der Waals surface area contributed by atoms with Crippen molar-refractivity contribution in [2.45, 2.75) is 25.8 Å². The highest BCUT2D eigenvalue weighted by molar-refractivity contribution is 14.0. The summed E-state index contributed by atoms with van der Waals surface area (Å²) in [6, 6.07) is 10.1. The Kier molecular flexibility index (Phi) is 8.35. The number of nitrogens with zero attached hydrogens (tertiary/aromatic N) is 3. The van der Waals surface area contributed by atoms with Crippen LogP contribution in [0.15, 0.2) is 41.5 Å². The van der Waals surface area contributed by atoms with E-state index >= 15 is 0 Å². The van der Waals surface area contributed by atoms with E-state index < -0.39 is 0 Å². The summed E-state index contributed by atoms with van der Waals surface area (Å²) in [6.07, 6.45) is 2.90. The Labute approximate surface area is 184 Å². The SMILES string of the molecule is CN=C(NCc1ncccc1C)N1CCC(c2cc(OC)cc(OC)c2)C1.I. The molecular weight excluding hydrogens is 467 g/mol. The second-order valence-electron chi connectivity index (χ2n) is 6.75. The molecule has 152 valence electrons. The third kappa shape index (κ3) is 5.27. The average Bonchev–Trinajstić information content (AvgIpc) is 3.19. The van der Waals surface area contributed by atoms with Gasteiger partial charge in [0.15, 0.2) is 5.96 Å². The van der Waals surface area contributed by atoms with Crippen LogP contribution in [-0.2, 0) is 6.54 Å². The molecule has 28 heavy (non-hydrogen) atoms. The maximum atomic E-state index is 5.41. The number of methoxy groups -OCH3 is 2. The minimum absolute atomic E-state index is 0. The number of aromatic nitrogens is 1. The molecule has 1 aromatic heterocycles. The number of likely N-dealkylation sites (tertiary alicyclic amines) is 1. The van der Waals surface area contributed by atoms with Gasteiger partial charge in [0.2, 0.25) is 0 Å². The Morgan fingerprint density at radius 1 is 1.25 bits per heavy atom. The van der Waals surface area contributed by atoms with Crippen LogP contribution in [0.4, 0.5) is 0 Å². The van der Waals surface area contributed by atoms with E-state index in [9.17, 15) is 0 Å². The molecule has 0 spiro atoms. The Hall–Kier alpha value is -2.03. The van der Waals surface area contributed by atoms with Gasteiger partial charge in [-0.05, 0) is 42.7 Å². The smallest absolute Gasteiger partial charge is 0.193 e. The maximum Gasteiger partial charge on any atom is 0.193 e. The van der Waals surface area contributed by atoms with Crippen LogP contribution in [-0.4, -0.2) is 50.2 Å². The Balaban J connectivity index is 0.00000280. The fourth-order valence-electron chi connectivity index (χ4n) is 3.49. The lowest BCUT2D eigenvalue weighted by Crippen LogP contribution is -2.39. The molecule has 0 bridgehead atoms. The van der Waals surface area contributed by atoms with Crippen molar-refractivity contribution in [1.29, 1.82) is 0 Å². The number of aliphatic imine (C=N–C) groups is 1. The van der Waals surface area contributed by atoms with Gasteiger partial charge in [-0.3, -0.25) is 9.98 Å². The van der Waals surface area contributed by atoms with E-state index in [1.807, 2.05) is 25.4 Å². The fraction of sp³-hybridized carbons (Fsp3) is 0.429. The lowest BCUT2D eigenvalue weighted by molar-refractivity contribution is 0.392. The number of nitrogens with one attached hydrogen (secondary N) is 1. The number of hydrogen-bond donors (Lipinski definition) is 1. The van der Waals surface area contributed by atoms with Gasteiger partial charge in [0.1, 0.15) is 11.5 Å². The van der Waals surface area contributed by atoms with E-state index in [0.717, 1.165) is 42.7 Å². The van der Waals surface area contributed by atoms with E-state index in [2.05, 4.69) is 45.3 Å². The second kappa shape index (κ2) is 10.5. The van der Waals surface area contributed by atoms with Crippen molar-refractivity contribution in [2.24, 2.45) is 4.99 Å². The Morgan fingerprint density at radius 3 is 2.57 bits per heavy atom. The average molecular weight is 496 g/mol. The van der Waals surface area contributed by atoms with Crippen LogP contribution in [0, 0.1) is 6.92 Å². The van der Waals surface area contributed by atoms with E-state index in [1.165, 1.54) is 11.1 Å². The van der Waals surface area contributed by atoms with Gasteiger partial charge in [-0.15, -0.1) is 24.0 Å². The van der Waals surface area contributed by atoms with E-state index in [1.54, 1.807) is 14.2 Å². The summed E-state index contributed by atoms with van der Waals surface area (Å²) in [7, 11) is 5.20. The third-order valence-corrected chi connectivity index (χ3v) is 5.08. The number of benzene rings is 1. The molecule has 1 fully saturated rings. The van der Waals surface area contributed by atoms with Gasteiger partial charge in [0.25, 0.3) is 0 Å². The standard InChI is InChI=1S/C21H28N4O2.HI/c1-15-6-5-8-23-20(15)13-24-21(22-2)25-9-7-16(14-25)17-10-18(26-3)12-19(11-17)27-4;/h5-6,8,10-12,16H,7,9,13-14H2,1-4H3,(H,22,24);1H. The van der Waals surface area contributed by atoms with Crippen molar-refractivity contribution < 1.29 is 9.47 Å². The number of hydrogen-bond acceptors (Lipinski definition) is 4. The van der Waals surface area contributed by atoms with Crippen LogP contribution in [0.25, 0.3) is 0 Å². The predicted molar refractivity (Wildman–Crippen MR) is 123 cm³/mol. The van der Waals surface area contributed by atoms with Crippen molar-refractivity contribution in [3.05, 3.63) is 53.3 Å². The van der Waals surface area contributed by atoms with Gasteiger partial charge in [-0.2, -0.15) is 0 Å². The highest BCUT2D eigenvalue weighted by Crippen LogP contribution is 2.32. The van der Waals surface area contributed by atoms with Crippen LogP contribution in [0.1, 0.15) is 29.2 Å². The first-order valence-electron chi connectivity index (χ1n) is 9.23. The lowest BCUT2D eigenvalue weighted by atomic mass is 9.98. The summed E-state index contributed by atoms with van der Waals surface area (Å²) in [5.41, 5.74) is 3.47. The van der Waals surface area contributed by atoms with Gasteiger partial charge in [-0.25, -0.2) is 0 Å². The molecule has 0 radical (unpaired) electrons. The summed E-state index contributed by atoms with van der Waals surface area (Å²) in [5, 5.41) is 3.45. The zero-order valence-corrected chi connectivity index (χ0v) is 19.3. The molecule has 3 rings (SSSR count). The number of rotatable bonds is 5. The highest BCUT2D eigenvalue weighted by Gasteiger charge is 2.27. The first-order valence-corrected chi connectivity index (χ1v) is 9.23. The number of ether oxygens (including phenoxy) is 2. The molecule has 6 nitrogen and oxygen atoms in total. The molecular formula is C21H29IN4O2. The summed E-state index contributed by atoms with van der Waals surface area (Å²) in [4.78, 5) is 11.2. The number of pyridine rings is 1. The van der Waals surface area contributed by atoms with Crippen LogP contribution in [0.3, 0.4) is 0 Å². The Morgan fingerprint density at radius 2 is 1.96 bits per heavy atom. The molecule has 1 aromatic carbocycles. The van der Waals surface area contributed by atoms with Crippen LogP contribution < -0.4 is 14.8 Å². The van der Waals surface area contributed by atoms with Crippen molar-refractivity contribution in [3.63, 3.8) is 0 Å². The Bertz CT molecular complexity index is 790. The number of aryl methyl sites for hydroxylation is 1. The molecule has 1 atom stereocenters. The zero-order valence-electron chi connectivity index (χ0n) is 16.9. The topological polar surface area (TPSA) is 59.0 Å². The van der Waals surface area contributed by atoms with Crippen molar-refractivity contribution in [3.8, 4) is 11.5 Å². The molecule has 1 aliphatic rings. The van der Waals surface area contributed by atoms with E-state index in [4.69, 9.17) is 9.47 Å². The molecule has 1 aliphatic heterocycles. The third-order valence-electron chi connectivity index (χ3n) is 5.08. The minimum atomic E-state index is 0. The molecule has 0 saturated carbocycles. The molecule has 1 unspecified atom stereocenters. The monoisotopic (exact) mass is 496 g/mol. The van der Waals surface area contributed by atoms with Gasteiger partial charge < -0.3 is 19.7 Å². The largest absolute Gasteiger partial charge is 0.497 e. The van der Waals surface area contributed by atoms with Crippen LogP contribution in [0.2, 0.25) is 0 Å². The minimum Gasteiger partial charge on any atom is -0.497 e. The van der Waals surface area contributed by atoms with Crippen LogP contribution in [0.5, 0.6) is 11.5 Å². The maximum absolute atomic E-state index is 5.41. The molecule has 0 aliphatic carbocycles. The van der Waals surface area contributed by atoms with Gasteiger partial charge in [0, 0.05) is 38.3 Å². The molecule has 2 aromatic rings. The quantitative estimate of drug-likeness (QED) is 0.390. The van der Waals surface area contributed by atoms with E-state index in [-0.39, 0.29) is 24.0 Å². The second-order valence-corrected chi connectivity index (χ2v) is 6.75.